The molecule has 1 aromatic carbocycles. The number of H-pyrrole nitrogens is 2. The lowest BCUT2D eigenvalue weighted by Gasteiger charge is -2.28. The van der Waals surface area contributed by atoms with Crippen molar-refractivity contribution in [1.82, 2.24) is 30.4 Å². The van der Waals surface area contributed by atoms with E-state index < -0.39 is 0 Å². The fraction of sp³-hybridized carbons (Fsp3) is 0.478. The van der Waals surface area contributed by atoms with Crippen LogP contribution in [0.5, 0.6) is 0 Å². The zero-order chi connectivity index (χ0) is 21.2. The van der Waals surface area contributed by atoms with Gasteiger partial charge in [0.15, 0.2) is 0 Å². The second-order valence-corrected chi connectivity index (χ2v) is 9.29. The van der Waals surface area contributed by atoms with Crippen LogP contribution in [0.25, 0.3) is 10.9 Å². The molecule has 2 aliphatic carbocycles. The van der Waals surface area contributed by atoms with Crippen molar-refractivity contribution < 1.29 is 9.59 Å². The SMILES string of the molecule is Cc1[nH]nc2ccc(C(=O)N3CCC(CNC(=O)c4cnc(C5CC5)[nH]4)C34CC4)cc12. The zero-order valence-corrected chi connectivity index (χ0v) is 17.6. The number of nitrogens with one attached hydrogen (secondary N) is 3. The average Bonchev–Trinajstić information content (AvgIpc) is 3.66. The van der Waals surface area contributed by atoms with Gasteiger partial charge in [-0.15, -0.1) is 0 Å². The molecule has 0 radical (unpaired) electrons. The Kier molecular flexibility index (Phi) is 4.00. The number of hydrogen-bond donors (Lipinski definition) is 3. The molecular formula is C23H26N6O2. The number of rotatable bonds is 5. The Labute approximate surface area is 179 Å². The number of aromatic amines is 2. The molecule has 3 heterocycles. The maximum Gasteiger partial charge on any atom is 0.269 e. The summed E-state index contributed by atoms with van der Waals surface area (Å²) in [5.74, 6) is 1.67. The van der Waals surface area contributed by atoms with Gasteiger partial charge in [0.2, 0.25) is 0 Å². The predicted molar refractivity (Wildman–Crippen MR) is 115 cm³/mol. The van der Waals surface area contributed by atoms with E-state index in [1.165, 1.54) is 0 Å². The van der Waals surface area contributed by atoms with Gasteiger partial charge in [-0.2, -0.15) is 5.10 Å². The number of amides is 2. The van der Waals surface area contributed by atoms with Crippen LogP contribution < -0.4 is 5.32 Å². The molecule has 1 spiro atoms. The van der Waals surface area contributed by atoms with Gasteiger partial charge in [0.05, 0.1) is 11.7 Å². The van der Waals surface area contributed by atoms with Crippen LogP contribution in [-0.2, 0) is 0 Å². The number of aromatic nitrogens is 4. The van der Waals surface area contributed by atoms with Crippen LogP contribution in [0, 0.1) is 12.8 Å². The van der Waals surface area contributed by atoms with E-state index in [9.17, 15) is 9.59 Å². The van der Waals surface area contributed by atoms with Crippen LogP contribution in [0.1, 0.15) is 70.4 Å². The molecule has 8 nitrogen and oxygen atoms in total. The summed E-state index contributed by atoms with van der Waals surface area (Å²) >= 11 is 0. The summed E-state index contributed by atoms with van der Waals surface area (Å²) in [5.41, 5.74) is 2.97. The van der Waals surface area contributed by atoms with Crippen molar-refractivity contribution >= 4 is 22.7 Å². The number of carbonyl (C=O) groups is 2. The minimum Gasteiger partial charge on any atom is -0.350 e. The summed E-state index contributed by atoms with van der Waals surface area (Å²) in [5, 5.41) is 11.3. The predicted octanol–water partition coefficient (Wildman–Crippen LogP) is 2.90. The van der Waals surface area contributed by atoms with Crippen molar-refractivity contribution in [3.63, 3.8) is 0 Å². The minimum absolute atomic E-state index is 0.0801. The highest BCUT2D eigenvalue weighted by atomic mass is 16.2. The molecule has 2 aromatic heterocycles. The fourth-order valence-electron chi connectivity index (χ4n) is 5.15. The summed E-state index contributed by atoms with van der Waals surface area (Å²) in [7, 11) is 0. The number of aryl methyl sites for hydroxylation is 1. The third-order valence-corrected chi connectivity index (χ3v) is 7.31. The van der Waals surface area contributed by atoms with Gasteiger partial charge in [-0.25, -0.2) is 4.98 Å². The van der Waals surface area contributed by atoms with Gasteiger partial charge >= 0.3 is 0 Å². The first-order valence-corrected chi connectivity index (χ1v) is 11.1. The van der Waals surface area contributed by atoms with Crippen molar-refractivity contribution in [3.05, 3.63) is 47.2 Å². The van der Waals surface area contributed by atoms with E-state index in [4.69, 9.17) is 0 Å². The molecule has 1 unspecified atom stereocenters. The van der Waals surface area contributed by atoms with E-state index in [1.807, 2.05) is 30.0 Å². The molecule has 3 N–H and O–H groups in total. The molecule has 160 valence electrons. The summed E-state index contributed by atoms with van der Waals surface area (Å²) in [4.78, 5) is 35.5. The smallest absolute Gasteiger partial charge is 0.269 e. The lowest BCUT2D eigenvalue weighted by Crippen LogP contribution is -2.43. The Morgan fingerprint density at radius 1 is 1.26 bits per heavy atom. The molecule has 3 aliphatic rings. The maximum absolute atomic E-state index is 13.4. The van der Waals surface area contributed by atoms with Gasteiger partial charge in [-0.05, 0) is 57.2 Å². The monoisotopic (exact) mass is 418 g/mol. The highest BCUT2D eigenvalue weighted by Crippen LogP contribution is 2.53. The average molecular weight is 419 g/mol. The first-order valence-electron chi connectivity index (χ1n) is 11.1. The number of fused-ring (bicyclic) bond motifs is 1. The van der Waals surface area contributed by atoms with Gasteiger partial charge in [-0.1, -0.05) is 0 Å². The van der Waals surface area contributed by atoms with Crippen LogP contribution >= 0.6 is 0 Å². The number of nitrogens with zero attached hydrogens (tertiary/aromatic N) is 3. The third-order valence-electron chi connectivity index (χ3n) is 7.31. The second kappa shape index (κ2) is 6.67. The van der Waals surface area contributed by atoms with Gasteiger partial charge in [-0.3, -0.25) is 14.7 Å². The highest BCUT2D eigenvalue weighted by Gasteiger charge is 2.58. The zero-order valence-electron chi connectivity index (χ0n) is 17.6. The largest absolute Gasteiger partial charge is 0.350 e. The highest BCUT2D eigenvalue weighted by molar-refractivity contribution is 5.99. The van der Waals surface area contributed by atoms with Crippen LogP contribution in [0.4, 0.5) is 0 Å². The summed E-state index contributed by atoms with van der Waals surface area (Å²) in [6, 6.07) is 5.71. The lowest BCUT2D eigenvalue weighted by atomic mass is 9.97. The molecule has 2 saturated carbocycles. The quantitative estimate of drug-likeness (QED) is 0.592. The van der Waals surface area contributed by atoms with E-state index in [0.29, 0.717) is 23.7 Å². The molecule has 3 fully saturated rings. The first-order chi connectivity index (χ1) is 15.0. The van der Waals surface area contributed by atoms with Crippen molar-refractivity contribution in [1.29, 1.82) is 0 Å². The van der Waals surface area contributed by atoms with Crippen molar-refractivity contribution in [2.24, 2.45) is 5.92 Å². The van der Waals surface area contributed by atoms with Crippen LogP contribution in [-0.4, -0.2) is 55.5 Å². The Hall–Kier alpha value is -3.16. The number of likely N-dealkylation sites (tertiary alicyclic amines) is 1. The van der Waals surface area contributed by atoms with Crippen molar-refractivity contribution in [2.75, 3.05) is 13.1 Å². The molecule has 0 bridgehead atoms. The molecule has 1 saturated heterocycles. The number of carbonyl (C=O) groups excluding carboxylic acids is 2. The topological polar surface area (TPSA) is 107 Å². The molecular weight excluding hydrogens is 392 g/mol. The third kappa shape index (κ3) is 3.04. The first kappa shape index (κ1) is 18.6. The van der Waals surface area contributed by atoms with Crippen LogP contribution in [0.15, 0.2) is 24.4 Å². The number of benzene rings is 1. The van der Waals surface area contributed by atoms with Crippen molar-refractivity contribution in [2.45, 2.75) is 50.5 Å². The van der Waals surface area contributed by atoms with Crippen LogP contribution in [0.2, 0.25) is 0 Å². The summed E-state index contributed by atoms with van der Waals surface area (Å²) < 4.78 is 0. The molecule has 6 rings (SSSR count). The van der Waals surface area contributed by atoms with E-state index in [2.05, 4.69) is 25.5 Å². The Balaban J connectivity index is 1.14. The van der Waals surface area contributed by atoms with Crippen LogP contribution in [0.3, 0.4) is 0 Å². The molecule has 31 heavy (non-hydrogen) atoms. The van der Waals surface area contributed by atoms with E-state index in [0.717, 1.165) is 61.1 Å². The maximum atomic E-state index is 13.4. The van der Waals surface area contributed by atoms with Gasteiger partial charge in [0, 0.05) is 47.1 Å². The molecule has 1 aliphatic heterocycles. The Morgan fingerprint density at radius 2 is 2.10 bits per heavy atom. The molecule has 3 aromatic rings. The van der Waals surface area contributed by atoms with Crippen molar-refractivity contribution in [3.8, 4) is 0 Å². The second-order valence-electron chi connectivity index (χ2n) is 9.29. The fourth-order valence-corrected chi connectivity index (χ4v) is 5.15. The standard InChI is InChI=1S/C23H26N6O2/c1-13-17-10-15(4-5-18(17)28-27-13)22(31)29-9-6-16(23(29)7-8-23)11-25-21(30)19-12-24-20(26-19)14-2-3-14/h4-5,10,12,14,16H,2-3,6-9,11H2,1H3,(H,24,26)(H,25,30)(H,27,28). The number of imidazole rings is 1. The molecule has 8 heteroatoms. The van der Waals surface area contributed by atoms with Gasteiger partial charge in [0.1, 0.15) is 11.5 Å². The lowest BCUT2D eigenvalue weighted by molar-refractivity contribution is 0.0693. The Morgan fingerprint density at radius 3 is 2.87 bits per heavy atom. The normalized spacial score (nSPS) is 21.7. The van der Waals surface area contributed by atoms with Gasteiger partial charge in [0.25, 0.3) is 11.8 Å². The molecule has 1 atom stereocenters. The van der Waals surface area contributed by atoms with Gasteiger partial charge < -0.3 is 15.2 Å². The van der Waals surface area contributed by atoms with E-state index in [-0.39, 0.29) is 23.3 Å². The summed E-state index contributed by atoms with van der Waals surface area (Å²) in [6.07, 6.45) is 6.85. The van der Waals surface area contributed by atoms with E-state index >= 15 is 0 Å². The Bertz CT molecular complexity index is 1190. The summed E-state index contributed by atoms with van der Waals surface area (Å²) in [6.45, 7) is 3.28. The molecule has 2 amide bonds. The van der Waals surface area contributed by atoms with E-state index in [1.54, 1.807) is 6.20 Å². The number of hydrogen-bond acceptors (Lipinski definition) is 4. The minimum atomic E-state index is -0.113.